The summed E-state index contributed by atoms with van der Waals surface area (Å²) in [5.41, 5.74) is 5.41. The summed E-state index contributed by atoms with van der Waals surface area (Å²) in [6, 6.07) is 0.461. The Balaban J connectivity index is 2.46. The van der Waals surface area contributed by atoms with Crippen molar-refractivity contribution in [2.24, 2.45) is 0 Å². The van der Waals surface area contributed by atoms with E-state index in [1.165, 1.54) is 11.5 Å². The molecule has 0 aliphatic carbocycles. The van der Waals surface area contributed by atoms with E-state index in [1.54, 1.807) is 0 Å². The van der Waals surface area contributed by atoms with Crippen molar-refractivity contribution in [2.75, 3.05) is 23.1 Å². The first kappa shape index (κ1) is 10.6. The molecule has 0 aliphatic heterocycles. The predicted molar refractivity (Wildman–Crippen MR) is 60.4 cm³/mol. The van der Waals surface area contributed by atoms with Gasteiger partial charge in [0.1, 0.15) is 0 Å². The number of nitrogens with one attached hydrogen (secondary N) is 1. The van der Waals surface area contributed by atoms with Crippen LogP contribution in [0, 0.1) is 0 Å². The lowest BCUT2D eigenvalue weighted by Gasteiger charge is -2.13. The van der Waals surface area contributed by atoms with Crippen LogP contribution in [0.25, 0.3) is 0 Å². The smallest absolute Gasteiger partial charge is 0.233 e. The molecule has 0 aliphatic rings. The Bertz CT molecular complexity index is 250. The molecule has 1 rings (SSSR count). The fourth-order valence-corrected chi connectivity index (χ4v) is 2.23. The van der Waals surface area contributed by atoms with Crippen molar-refractivity contribution in [2.45, 2.75) is 19.4 Å². The summed E-state index contributed by atoms with van der Waals surface area (Å²) in [7, 11) is 0. The fraction of sp³-hybridized carbons (Fsp3) is 0.714. The van der Waals surface area contributed by atoms with Gasteiger partial charge in [0.05, 0.1) is 0 Å². The number of aromatic nitrogens is 2. The standard InChI is InChI=1S/C7H14N4S2/c1-3-5(4-12-2)9-7-10-6(8)11-13-7/h5H,3-4H2,1-2H3,(H3,8,9,10,11). The molecule has 3 N–H and O–H groups in total. The third-order valence-corrected chi connectivity index (χ3v) is 3.03. The molecule has 1 heterocycles. The molecule has 0 saturated carbocycles. The summed E-state index contributed by atoms with van der Waals surface area (Å²) in [4.78, 5) is 4.05. The highest BCUT2D eigenvalue weighted by Crippen LogP contribution is 2.15. The van der Waals surface area contributed by atoms with Crippen LogP contribution in [0.15, 0.2) is 0 Å². The predicted octanol–water partition coefficient (Wildman–Crippen LogP) is 1.67. The lowest BCUT2D eigenvalue weighted by molar-refractivity contribution is 0.774. The molecule has 1 unspecified atom stereocenters. The van der Waals surface area contributed by atoms with Gasteiger partial charge in [0, 0.05) is 23.3 Å². The molecule has 74 valence electrons. The minimum atomic E-state index is 0.353. The first-order chi connectivity index (χ1) is 6.26. The number of nitrogens with two attached hydrogens (primary N) is 1. The number of nitrogen functional groups attached to an aromatic ring is 1. The van der Waals surface area contributed by atoms with Crippen molar-refractivity contribution in [3.05, 3.63) is 0 Å². The van der Waals surface area contributed by atoms with Crippen molar-refractivity contribution < 1.29 is 0 Å². The summed E-state index contributed by atoms with van der Waals surface area (Å²) < 4.78 is 3.90. The fourth-order valence-electron chi connectivity index (χ4n) is 0.931. The van der Waals surface area contributed by atoms with Gasteiger partial charge in [-0.2, -0.15) is 21.1 Å². The molecule has 0 saturated heterocycles. The number of hydrogen-bond acceptors (Lipinski definition) is 6. The van der Waals surface area contributed by atoms with E-state index in [2.05, 4.69) is 27.9 Å². The number of nitrogens with zero attached hydrogens (tertiary/aromatic N) is 2. The van der Waals surface area contributed by atoms with Crippen LogP contribution in [0.4, 0.5) is 11.1 Å². The quantitative estimate of drug-likeness (QED) is 0.787. The average molecular weight is 218 g/mol. The molecule has 0 radical (unpaired) electrons. The molecule has 0 spiro atoms. The molecule has 0 amide bonds. The highest BCUT2D eigenvalue weighted by Gasteiger charge is 2.07. The summed E-state index contributed by atoms with van der Waals surface area (Å²) in [6.45, 7) is 2.15. The van der Waals surface area contributed by atoms with Crippen LogP contribution >= 0.6 is 23.3 Å². The Morgan fingerprint density at radius 2 is 2.46 bits per heavy atom. The van der Waals surface area contributed by atoms with Crippen molar-refractivity contribution >= 4 is 34.4 Å². The zero-order valence-electron chi connectivity index (χ0n) is 7.78. The zero-order valence-corrected chi connectivity index (χ0v) is 9.41. The molecule has 0 fully saturated rings. The lowest BCUT2D eigenvalue weighted by atomic mass is 10.3. The highest BCUT2D eigenvalue weighted by molar-refractivity contribution is 7.98. The maximum Gasteiger partial charge on any atom is 0.233 e. The van der Waals surface area contributed by atoms with Crippen LogP contribution in [0.3, 0.4) is 0 Å². The molecule has 4 nitrogen and oxygen atoms in total. The van der Waals surface area contributed by atoms with Gasteiger partial charge in [0.25, 0.3) is 0 Å². The first-order valence-corrected chi connectivity index (χ1v) is 6.27. The second-order valence-electron chi connectivity index (χ2n) is 2.66. The van der Waals surface area contributed by atoms with E-state index in [-0.39, 0.29) is 0 Å². The molecule has 1 atom stereocenters. The van der Waals surface area contributed by atoms with E-state index in [1.807, 2.05) is 11.8 Å². The van der Waals surface area contributed by atoms with Crippen LogP contribution in [0.2, 0.25) is 0 Å². The Morgan fingerprint density at radius 3 is 2.92 bits per heavy atom. The minimum Gasteiger partial charge on any atom is -0.367 e. The van der Waals surface area contributed by atoms with E-state index >= 15 is 0 Å². The van der Waals surface area contributed by atoms with E-state index < -0.39 is 0 Å². The Morgan fingerprint density at radius 1 is 1.69 bits per heavy atom. The minimum absolute atomic E-state index is 0.353. The van der Waals surface area contributed by atoms with E-state index in [0.29, 0.717) is 12.0 Å². The van der Waals surface area contributed by atoms with Gasteiger partial charge in [-0.15, -0.1) is 0 Å². The third-order valence-electron chi connectivity index (χ3n) is 1.63. The van der Waals surface area contributed by atoms with Gasteiger partial charge in [0.2, 0.25) is 11.1 Å². The molecule has 1 aromatic rings. The molecule has 0 bridgehead atoms. The van der Waals surface area contributed by atoms with E-state index in [4.69, 9.17) is 5.73 Å². The SMILES string of the molecule is CCC(CSC)Nc1nc(N)ns1. The maximum absolute atomic E-state index is 5.41. The van der Waals surface area contributed by atoms with E-state index in [9.17, 15) is 0 Å². The summed E-state index contributed by atoms with van der Waals surface area (Å²) >= 11 is 3.14. The van der Waals surface area contributed by atoms with Crippen molar-refractivity contribution in [3.8, 4) is 0 Å². The van der Waals surface area contributed by atoms with Crippen LogP contribution in [0.5, 0.6) is 0 Å². The van der Waals surface area contributed by atoms with Crippen LogP contribution in [-0.2, 0) is 0 Å². The average Bonchev–Trinajstić information content (AvgIpc) is 2.50. The number of rotatable bonds is 5. The summed E-state index contributed by atoms with van der Waals surface area (Å²) in [5, 5.41) is 4.11. The van der Waals surface area contributed by atoms with Gasteiger partial charge in [-0.05, 0) is 12.7 Å². The molecule has 13 heavy (non-hydrogen) atoms. The highest BCUT2D eigenvalue weighted by atomic mass is 32.2. The van der Waals surface area contributed by atoms with Crippen molar-refractivity contribution in [1.29, 1.82) is 0 Å². The zero-order chi connectivity index (χ0) is 9.68. The number of thioether (sulfide) groups is 1. The molecule has 1 aromatic heterocycles. The molecular weight excluding hydrogens is 204 g/mol. The second kappa shape index (κ2) is 5.29. The topological polar surface area (TPSA) is 63.8 Å². The van der Waals surface area contributed by atoms with Crippen molar-refractivity contribution in [1.82, 2.24) is 9.36 Å². The Kier molecular flexibility index (Phi) is 4.31. The summed E-state index contributed by atoms with van der Waals surface area (Å²) in [5.74, 6) is 1.43. The molecule has 6 heteroatoms. The Hall–Kier alpha value is -0.490. The maximum atomic E-state index is 5.41. The Labute approximate surface area is 86.5 Å². The second-order valence-corrected chi connectivity index (χ2v) is 4.33. The molecular formula is C7H14N4S2. The van der Waals surface area contributed by atoms with Gasteiger partial charge in [-0.1, -0.05) is 6.92 Å². The largest absolute Gasteiger partial charge is 0.367 e. The van der Waals surface area contributed by atoms with Gasteiger partial charge >= 0.3 is 0 Å². The van der Waals surface area contributed by atoms with Gasteiger partial charge in [-0.3, -0.25) is 0 Å². The number of anilines is 2. The van der Waals surface area contributed by atoms with Gasteiger partial charge in [0.15, 0.2) is 0 Å². The van der Waals surface area contributed by atoms with Crippen LogP contribution in [0.1, 0.15) is 13.3 Å². The van der Waals surface area contributed by atoms with Crippen molar-refractivity contribution in [3.63, 3.8) is 0 Å². The van der Waals surface area contributed by atoms with E-state index in [0.717, 1.165) is 17.3 Å². The monoisotopic (exact) mass is 218 g/mol. The molecule has 0 aromatic carbocycles. The van der Waals surface area contributed by atoms with Gasteiger partial charge < -0.3 is 11.1 Å². The van der Waals surface area contributed by atoms with Crippen LogP contribution < -0.4 is 11.1 Å². The lowest BCUT2D eigenvalue weighted by Crippen LogP contribution is -2.20. The number of hydrogen-bond donors (Lipinski definition) is 2. The summed E-state index contributed by atoms with van der Waals surface area (Å²) in [6.07, 6.45) is 3.18. The third kappa shape index (κ3) is 3.40. The van der Waals surface area contributed by atoms with Crippen LogP contribution in [-0.4, -0.2) is 27.4 Å². The first-order valence-electron chi connectivity index (χ1n) is 4.11. The normalized spacial score (nSPS) is 12.8. The van der Waals surface area contributed by atoms with Gasteiger partial charge in [-0.25, -0.2) is 0 Å².